The van der Waals surface area contributed by atoms with Crippen molar-refractivity contribution in [3.63, 3.8) is 0 Å². The summed E-state index contributed by atoms with van der Waals surface area (Å²) in [4.78, 5) is 26.0. The van der Waals surface area contributed by atoms with Gasteiger partial charge in [0.05, 0.1) is 34.3 Å². The number of hydrogen-bond donors (Lipinski definition) is 1. The largest absolute Gasteiger partial charge is 0.318 e. The molecule has 1 N–H and O–H groups in total. The molecule has 7 nitrogen and oxygen atoms in total. The quantitative estimate of drug-likeness (QED) is 0.510. The highest BCUT2D eigenvalue weighted by Crippen LogP contribution is 2.18. The molecule has 0 fully saturated rings. The Kier molecular flexibility index (Phi) is 5.67. The van der Waals surface area contributed by atoms with Gasteiger partial charge in [0.2, 0.25) is 0 Å². The van der Waals surface area contributed by atoms with Gasteiger partial charge in [0.1, 0.15) is 0 Å². The first-order valence-electron chi connectivity index (χ1n) is 7.36. The van der Waals surface area contributed by atoms with Crippen LogP contribution in [-0.4, -0.2) is 36.9 Å². The van der Waals surface area contributed by atoms with Crippen molar-refractivity contribution in [2.24, 2.45) is 0 Å². The Morgan fingerprint density at radius 3 is 2.96 bits per heavy atom. The van der Waals surface area contributed by atoms with Crippen LogP contribution in [-0.2, 0) is 13.0 Å². The van der Waals surface area contributed by atoms with Gasteiger partial charge in [-0.15, -0.1) is 11.3 Å². The number of anilines is 1. The third kappa shape index (κ3) is 4.36. The van der Waals surface area contributed by atoms with Crippen molar-refractivity contribution >= 4 is 46.3 Å². The number of thiazole rings is 1. The van der Waals surface area contributed by atoms with E-state index in [1.165, 1.54) is 22.8 Å². The molecule has 0 saturated carbocycles. The molecule has 3 heterocycles. The zero-order valence-corrected chi connectivity index (χ0v) is 16.0. The van der Waals surface area contributed by atoms with E-state index in [2.05, 4.69) is 25.4 Å². The van der Waals surface area contributed by atoms with Gasteiger partial charge >= 0.3 is 0 Å². The number of thioether (sulfide) groups is 1. The van der Waals surface area contributed by atoms with Crippen molar-refractivity contribution in [3.8, 4) is 0 Å². The van der Waals surface area contributed by atoms with E-state index >= 15 is 0 Å². The number of hydrogen-bond acceptors (Lipinski definition) is 7. The van der Waals surface area contributed by atoms with Gasteiger partial charge in [0.25, 0.3) is 5.91 Å². The molecule has 0 aromatic carbocycles. The summed E-state index contributed by atoms with van der Waals surface area (Å²) in [5.41, 5.74) is 3.63. The lowest BCUT2D eigenvalue weighted by Crippen LogP contribution is -2.14. The molecule has 0 aliphatic heterocycles. The van der Waals surface area contributed by atoms with E-state index in [-0.39, 0.29) is 16.6 Å². The molecule has 25 heavy (non-hydrogen) atoms. The van der Waals surface area contributed by atoms with Crippen LogP contribution in [0.25, 0.3) is 0 Å². The molecule has 0 aliphatic rings. The lowest BCUT2D eigenvalue weighted by molar-refractivity contribution is 0.102. The molecule has 0 atom stereocenters. The Morgan fingerprint density at radius 1 is 1.40 bits per heavy atom. The van der Waals surface area contributed by atoms with Gasteiger partial charge in [-0.3, -0.25) is 9.48 Å². The van der Waals surface area contributed by atoms with Crippen LogP contribution >= 0.6 is 34.7 Å². The first-order valence-corrected chi connectivity index (χ1v) is 9.84. The number of rotatable bonds is 6. The highest BCUT2D eigenvalue weighted by molar-refractivity contribution is 7.98. The van der Waals surface area contributed by atoms with E-state index in [0.29, 0.717) is 17.4 Å². The van der Waals surface area contributed by atoms with Crippen molar-refractivity contribution in [3.05, 3.63) is 45.4 Å². The highest BCUT2D eigenvalue weighted by Gasteiger charge is 2.15. The number of aromatic nitrogens is 5. The van der Waals surface area contributed by atoms with Gasteiger partial charge in [-0.05, 0) is 13.2 Å². The minimum atomic E-state index is -0.388. The van der Waals surface area contributed by atoms with Crippen LogP contribution in [0.15, 0.2) is 29.3 Å². The number of carbonyl (C=O) groups is 1. The van der Waals surface area contributed by atoms with E-state index in [9.17, 15) is 4.79 Å². The topological polar surface area (TPSA) is 85.6 Å². The fourth-order valence-corrected chi connectivity index (χ4v) is 3.42. The summed E-state index contributed by atoms with van der Waals surface area (Å²) >= 11 is 9.00. The minimum absolute atomic E-state index is 0.147. The van der Waals surface area contributed by atoms with Crippen molar-refractivity contribution in [1.82, 2.24) is 24.7 Å². The summed E-state index contributed by atoms with van der Waals surface area (Å²) in [5, 5.41) is 7.73. The summed E-state index contributed by atoms with van der Waals surface area (Å²) in [6, 6.07) is 0. The fraction of sp³-hybridized carbons (Fsp3) is 0.267. The maximum atomic E-state index is 12.4. The first kappa shape index (κ1) is 17.8. The number of nitrogens with one attached hydrogen (secondary N) is 1. The van der Waals surface area contributed by atoms with Gasteiger partial charge in [0, 0.05) is 24.0 Å². The maximum Gasteiger partial charge on any atom is 0.276 e. The highest BCUT2D eigenvalue weighted by atomic mass is 35.5. The summed E-state index contributed by atoms with van der Waals surface area (Å²) in [6.45, 7) is 2.71. The van der Waals surface area contributed by atoms with Crippen LogP contribution < -0.4 is 5.32 Å². The van der Waals surface area contributed by atoms with Crippen LogP contribution in [0.4, 0.5) is 5.69 Å². The van der Waals surface area contributed by atoms with E-state index in [4.69, 9.17) is 11.6 Å². The Hall–Kier alpha value is -1.97. The van der Waals surface area contributed by atoms with Crippen LogP contribution in [0.2, 0.25) is 5.02 Å². The van der Waals surface area contributed by atoms with Gasteiger partial charge < -0.3 is 5.32 Å². The Balaban J connectivity index is 1.65. The third-order valence-corrected chi connectivity index (χ3v) is 5.26. The summed E-state index contributed by atoms with van der Waals surface area (Å²) < 4.78 is 1.78. The molecule has 130 valence electrons. The molecule has 0 bridgehead atoms. The Bertz CT molecular complexity index is 894. The molecule has 0 unspecified atom stereocenters. The Labute approximate surface area is 157 Å². The molecule has 0 spiro atoms. The predicted molar refractivity (Wildman–Crippen MR) is 99.6 cm³/mol. The summed E-state index contributed by atoms with van der Waals surface area (Å²) in [6.07, 6.45) is 7.48. The van der Waals surface area contributed by atoms with Crippen LogP contribution in [0, 0.1) is 6.92 Å². The second-order valence-electron chi connectivity index (χ2n) is 5.11. The van der Waals surface area contributed by atoms with E-state index < -0.39 is 0 Å². The van der Waals surface area contributed by atoms with Gasteiger partial charge in [-0.2, -0.15) is 5.10 Å². The molecule has 0 aliphatic carbocycles. The van der Waals surface area contributed by atoms with Crippen LogP contribution in [0.5, 0.6) is 0 Å². The van der Waals surface area contributed by atoms with Crippen molar-refractivity contribution in [2.75, 3.05) is 11.6 Å². The molecule has 3 aromatic heterocycles. The van der Waals surface area contributed by atoms with Crippen molar-refractivity contribution in [2.45, 2.75) is 25.0 Å². The smallest absolute Gasteiger partial charge is 0.276 e. The monoisotopic (exact) mass is 394 g/mol. The molecule has 3 aromatic rings. The number of nitrogens with zero attached hydrogens (tertiary/aromatic N) is 5. The molecule has 0 radical (unpaired) electrons. The Morgan fingerprint density at radius 2 is 2.24 bits per heavy atom. The molecular weight excluding hydrogens is 380 g/mol. The predicted octanol–water partition coefficient (Wildman–Crippen LogP) is 3.31. The van der Waals surface area contributed by atoms with Crippen molar-refractivity contribution < 1.29 is 4.79 Å². The van der Waals surface area contributed by atoms with Gasteiger partial charge in [-0.1, -0.05) is 23.4 Å². The molecule has 1 amide bonds. The normalized spacial score (nSPS) is 10.8. The standard InChI is InChI=1S/C15H15ClN6OS2/c1-9-12(25-8-18-9)3-4-22-7-10(5-19-22)20-14(23)13-11(16)6-17-15(21-13)24-2/h5-8H,3-4H2,1-2H3,(H,20,23). The average molecular weight is 395 g/mol. The average Bonchev–Trinajstić information content (AvgIpc) is 3.22. The molecule has 3 rings (SSSR count). The summed E-state index contributed by atoms with van der Waals surface area (Å²) in [5.74, 6) is -0.388. The van der Waals surface area contributed by atoms with Crippen molar-refractivity contribution in [1.29, 1.82) is 0 Å². The van der Waals surface area contributed by atoms with E-state index in [1.807, 2.05) is 18.7 Å². The van der Waals surface area contributed by atoms with Gasteiger partial charge in [0.15, 0.2) is 10.9 Å². The zero-order valence-electron chi connectivity index (χ0n) is 13.6. The van der Waals surface area contributed by atoms with E-state index in [1.54, 1.807) is 28.4 Å². The third-order valence-electron chi connectivity index (χ3n) is 3.42. The zero-order chi connectivity index (χ0) is 17.8. The minimum Gasteiger partial charge on any atom is -0.318 e. The first-order chi connectivity index (χ1) is 12.1. The fourth-order valence-electron chi connectivity index (χ4n) is 2.13. The number of amides is 1. The summed E-state index contributed by atoms with van der Waals surface area (Å²) in [7, 11) is 0. The van der Waals surface area contributed by atoms with Crippen LogP contribution in [0.1, 0.15) is 21.1 Å². The number of aryl methyl sites for hydroxylation is 3. The van der Waals surface area contributed by atoms with E-state index in [0.717, 1.165) is 12.1 Å². The molecular formula is C15H15ClN6OS2. The van der Waals surface area contributed by atoms with Crippen LogP contribution in [0.3, 0.4) is 0 Å². The molecule has 10 heteroatoms. The molecule has 0 saturated heterocycles. The lowest BCUT2D eigenvalue weighted by Gasteiger charge is -2.05. The number of carbonyl (C=O) groups excluding carboxylic acids is 1. The second-order valence-corrected chi connectivity index (χ2v) is 7.23. The lowest BCUT2D eigenvalue weighted by atomic mass is 10.3. The SMILES string of the molecule is CSc1ncc(Cl)c(C(=O)Nc2cnn(CCc3scnc3C)c2)n1. The second kappa shape index (κ2) is 7.94. The number of halogens is 1. The maximum absolute atomic E-state index is 12.4. The van der Waals surface area contributed by atoms with Gasteiger partial charge in [-0.25, -0.2) is 15.0 Å².